The molecule has 0 spiro atoms. The molecule has 1 atom stereocenters. The fourth-order valence-corrected chi connectivity index (χ4v) is 5.20. The summed E-state index contributed by atoms with van der Waals surface area (Å²) >= 11 is 1.37. The van der Waals surface area contributed by atoms with Crippen LogP contribution >= 0.6 is 11.8 Å². The van der Waals surface area contributed by atoms with Crippen molar-refractivity contribution >= 4 is 17.3 Å². The zero-order chi connectivity index (χ0) is 22.1. The first-order chi connectivity index (χ1) is 15.7. The molecule has 0 radical (unpaired) electrons. The van der Waals surface area contributed by atoms with Gasteiger partial charge in [-0.3, -0.25) is 4.68 Å². The Hall–Kier alpha value is -3.66. The van der Waals surface area contributed by atoms with Gasteiger partial charge in [0.15, 0.2) is 0 Å². The number of hydrogen-bond acceptors (Lipinski definition) is 7. The fourth-order valence-electron chi connectivity index (χ4n) is 4.17. The Morgan fingerprint density at radius 2 is 2.06 bits per heavy atom. The molecule has 1 aliphatic rings. The highest BCUT2D eigenvalue weighted by molar-refractivity contribution is 7.99. The first-order valence-electron chi connectivity index (χ1n) is 10.4. The molecule has 0 aromatic carbocycles. The number of hydrogen-bond donors (Lipinski definition) is 1. The van der Waals surface area contributed by atoms with E-state index < -0.39 is 0 Å². The minimum atomic E-state index is 0.344. The van der Waals surface area contributed by atoms with Gasteiger partial charge in [0.2, 0.25) is 0 Å². The Bertz CT molecular complexity index is 1380. The van der Waals surface area contributed by atoms with Gasteiger partial charge in [-0.25, -0.2) is 9.50 Å². The highest BCUT2D eigenvalue weighted by Gasteiger charge is 2.21. The molecule has 1 aliphatic heterocycles. The average molecular weight is 441 g/mol. The van der Waals surface area contributed by atoms with Gasteiger partial charge in [0.05, 0.1) is 35.1 Å². The zero-order valence-corrected chi connectivity index (χ0v) is 18.3. The third-order valence-electron chi connectivity index (χ3n) is 5.77. The van der Waals surface area contributed by atoms with Crippen LogP contribution in [0.1, 0.15) is 35.7 Å². The monoisotopic (exact) mass is 440 g/mol. The molecule has 32 heavy (non-hydrogen) atoms. The maximum atomic E-state index is 9.59. The number of rotatable bonds is 4. The van der Waals surface area contributed by atoms with Crippen LogP contribution in [0.5, 0.6) is 0 Å². The Labute approximate surface area is 189 Å². The Morgan fingerprint density at radius 1 is 1.19 bits per heavy atom. The Balaban J connectivity index is 1.62. The van der Waals surface area contributed by atoms with Crippen LogP contribution in [0.2, 0.25) is 0 Å². The number of piperidine rings is 1. The van der Waals surface area contributed by atoms with E-state index in [1.165, 1.54) is 11.8 Å². The molecule has 5 heterocycles. The zero-order valence-electron chi connectivity index (χ0n) is 17.5. The van der Waals surface area contributed by atoms with Crippen molar-refractivity contribution in [2.45, 2.75) is 35.7 Å². The van der Waals surface area contributed by atoms with Gasteiger partial charge in [-0.05, 0) is 44.5 Å². The molecule has 1 fully saturated rings. The lowest BCUT2D eigenvalue weighted by molar-refractivity contribution is 0.342. The molecule has 1 N–H and O–H groups in total. The van der Waals surface area contributed by atoms with Crippen molar-refractivity contribution in [1.82, 2.24) is 29.7 Å². The number of pyridine rings is 2. The van der Waals surface area contributed by atoms with Crippen LogP contribution < -0.4 is 5.32 Å². The number of nitrogens with one attached hydrogen (secondary N) is 1. The van der Waals surface area contributed by atoms with Crippen LogP contribution in [-0.4, -0.2) is 37.5 Å². The molecule has 1 saturated heterocycles. The van der Waals surface area contributed by atoms with Gasteiger partial charge in [-0.1, -0.05) is 11.8 Å². The maximum Gasteiger partial charge on any atom is 0.119 e. The second-order valence-electron chi connectivity index (χ2n) is 7.71. The molecule has 9 heteroatoms. The van der Waals surface area contributed by atoms with Gasteiger partial charge in [0.25, 0.3) is 0 Å². The van der Waals surface area contributed by atoms with Crippen LogP contribution in [0, 0.1) is 29.6 Å². The number of aromatic nitrogens is 5. The van der Waals surface area contributed by atoms with Crippen molar-refractivity contribution < 1.29 is 0 Å². The van der Waals surface area contributed by atoms with Crippen LogP contribution in [0.4, 0.5) is 0 Å². The third kappa shape index (κ3) is 3.52. The van der Waals surface area contributed by atoms with Crippen LogP contribution in [0.3, 0.4) is 0 Å². The van der Waals surface area contributed by atoms with E-state index in [9.17, 15) is 10.5 Å². The van der Waals surface area contributed by atoms with E-state index in [1.54, 1.807) is 29.0 Å². The molecule has 0 saturated carbocycles. The summed E-state index contributed by atoms with van der Waals surface area (Å²) in [5.74, 6) is 0. The second kappa shape index (κ2) is 8.46. The molecule has 0 aliphatic carbocycles. The lowest BCUT2D eigenvalue weighted by atomic mass is 10.1. The number of nitrogens with zero attached hydrogens (tertiary/aromatic N) is 7. The molecule has 8 nitrogen and oxygen atoms in total. The van der Waals surface area contributed by atoms with Gasteiger partial charge < -0.3 is 5.32 Å². The first-order valence-corrected chi connectivity index (χ1v) is 11.2. The molecule has 0 unspecified atom stereocenters. The molecule has 4 aromatic heterocycles. The number of nitriles is 2. The molecular formula is C23H20N8S. The van der Waals surface area contributed by atoms with Gasteiger partial charge in [0.1, 0.15) is 17.2 Å². The van der Waals surface area contributed by atoms with Gasteiger partial charge >= 0.3 is 0 Å². The molecule has 0 bridgehead atoms. The van der Waals surface area contributed by atoms with E-state index in [0.717, 1.165) is 47.6 Å². The van der Waals surface area contributed by atoms with Crippen molar-refractivity contribution in [3.05, 3.63) is 59.8 Å². The molecular weight excluding hydrogens is 420 g/mol. The van der Waals surface area contributed by atoms with Crippen molar-refractivity contribution in [2.24, 2.45) is 0 Å². The van der Waals surface area contributed by atoms with Crippen molar-refractivity contribution in [3.63, 3.8) is 0 Å². The Morgan fingerprint density at radius 3 is 2.84 bits per heavy atom. The summed E-state index contributed by atoms with van der Waals surface area (Å²) in [5, 5.41) is 32.2. The van der Waals surface area contributed by atoms with Crippen LogP contribution in [0.25, 0.3) is 16.6 Å². The van der Waals surface area contributed by atoms with Gasteiger partial charge in [-0.15, -0.1) is 0 Å². The molecule has 0 amide bonds. The smallest absolute Gasteiger partial charge is 0.119 e. The van der Waals surface area contributed by atoms with Gasteiger partial charge in [-0.2, -0.15) is 20.7 Å². The maximum absolute atomic E-state index is 9.59. The topological polar surface area (TPSA) is 108 Å². The summed E-state index contributed by atoms with van der Waals surface area (Å²) in [7, 11) is 0. The Kier molecular flexibility index (Phi) is 5.36. The van der Waals surface area contributed by atoms with E-state index in [0.29, 0.717) is 27.7 Å². The summed E-state index contributed by atoms with van der Waals surface area (Å²) in [5.41, 5.74) is 4.75. The fraction of sp³-hybridized carbons (Fsp3) is 0.261. The van der Waals surface area contributed by atoms with E-state index in [-0.39, 0.29) is 0 Å². The normalized spacial score (nSPS) is 16.0. The molecule has 4 aromatic rings. The van der Waals surface area contributed by atoms with E-state index in [4.69, 9.17) is 5.10 Å². The standard InChI is InChI=1S/C23H20N8S/c1-15-20(13-29-31(15)19-5-3-6-26-12-19)17-8-21(22-18(10-25)11-28-30(22)14-17)32-23-16(9-24)4-2-7-27-23/h2,4,7-8,11,13-14,19,26H,3,5-6,12H2,1H3/t19-/m0/s1. The predicted octanol–water partition coefficient (Wildman–Crippen LogP) is 3.72. The van der Waals surface area contributed by atoms with Crippen molar-refractivity contribution in [3.8, 4) is 23.3 Å². The second-order valence-corrected chi connectivity index (χ2v) is 8.75. The average Bonchev–Trinajstić information content (AvgIpc) is 3.43. The third-order valence-corrected chi connectivity index (χ3v) is 6.82. The summed E-state index contributed by atoms with van der Waals surface area (Å²) in [4.78, 5) is 5.20. The number of fused-ring (bicyclic) bond motifs is 1. The van der Waals surface area contributed by atoms with Gasteiger partial charge in [0, 0.05) is 40.7 Å². The van der Waals surface area contributed by atoms with E-state index in [1.807, 2.05) is 18.5 Å². The van der Waals surface area contributed by atoms with Crippen LogP contribution in [0.15, 0.2) is 52.9 Å². The minimum Gasteiger partial charge on any atom is -0.315 e. The summed E-state index contributed by atoms with van der Waals surface area (Å²) in [6.07, 6.45) is 9.31. The summed E-state index contributed by atoms with van der Waals surface area (Å²) in [6, 6.07) is 10.3. The SMILES string of the molecule is Cc1c(-c2cc(Sc3ncccc3C#N)c3c(C#N)cnn3c2)cnn1[C@H]1CCCNC1. The quantitative estimate of drug-likeness (QED) is 0.515. The van der Waals surface area contributed by atoms with E-state index >= 15 is 0 Å². The predicted molar refractivity (Wildman–Crippen MR) is 120 cm³/mol. The highest BCUT2D eigenvalue weighted by atomic mass is 32.2. The molecule has 158 valence electrons. The van der Waals surface area contributed by atoms with E-state index in [2.05, 4.69) is 39.1 Å². The summed E-state index contributed by atoms with van der Waals surface area (Å²) < 4.78 is 3.83. The van der Waals surface area contributed by atoms with Crippen molar-refractivity contribution in [2.75, 3.05) is 13.1 Å². The van der Waals surface area contributed by atoms with Crippen molar-refractivity contribution in [1.29, 1.82) is 10.5 Å². The lowest BCUT2D eigenvalue weighted by Crippen LogP contribution is -2.32. The molecule has 5 rings (SSSR count). The lowest BCUT2D eigenvalue weighted by Gasteiger charge is -2.24. The highest BCUT2D eigenvalue weighted by Crippen LogP contribution is 2.37. The minimum absolute atomic E-state index is 0.344. The largest absolute Gasteiger partial charge is 0.315 e. The summed E-state index contributed by atoms with van der Waals surface area (Å²) in [6.45, 7) is 4.06. The first kappa shape index (κ1) is 20.3. The van der Waals surface area contributed by atoms with Crippen LogP contribution in [-0.2, 0) is 0 Å².